The van der Waals surface area contributed by atoms with Crippen LogP contribution in [0.2, 0.25) is 0 Å². The number of pyridine rings is 1. The molecule has 1 atom stereocenters. The van der Waals surface area contributed by atoms with Gasteiger partial charge in [0, 0.05) is 55.3 Å². The summed E-state index contributed by atoms with van der Waals surface area (Å²) in [5.41, 5.74) is -0.475. The Kier molecular flexibility index (Phi) is 9.21. The molecule has 1 aliphatic carbocycles. The number of nitrogens with zero attached hydrogens (tertiary/aromatic N) is 5. The van der Waals surface area contributed by atoms with E-state index in [0.717, 1.165) is 32.5 Å². The fourth-order valence-electron chi connectivity index (χ4n) is 6.60. The molecule has 0 unspecified atom stereocenters. The quantitative estimate of drug-likeness (QED) is 0.196. The van der Waals surface area contributed by atoms with E-state index in [9.17, 15) is 18.7 Å². The Bertz CT molecular complexity index is 2030. The molecule has 50 heavy (non-hydrogen) atoms. The number of hydrogen-bond donors (Lipinski definition) is 2. The molecule has 2 aliphatic heterocycles. The maximum absolute atomic E-state index is 16.9. The van der Waals surface area contributed by atoms with E-state index in [1.54, 1.807) is 4.90 Å². The minimum absolute atomic E-state index is 0.0733. The SMILES string of the molecule is C#Cc1c(F)ccc2cc(O)cc(-c3ncc4c(N5CCOC[C@H](NC(=O)C(=C)F)C5)nc(OCC5(CN6CCOCC6)CC5)nc4c3F)c12. The van der Waals surface area contributed by atoms with Crippen molar-refractivity contribution >= 4 is 33.4 Å². The topological polar surface area (TPSA) is 122 Å². The van der Waals surface area contributed by atoms with E-state index in [2.05, 4.69) is 32.7 Å². The molecule has 0 radical (unpaired) electrons. The number of anilines is 1. The lowest BCUT2D eigenvalue weighted by molar-refractivity contribution is -0.119. The molecular weight excluding hydrogens is 653 g/mol. The lowest BCUT2D eigenvalue weighted by atomic mass is 9.96. The van der Waals surface area contributed by atoms with Gasteiger partial charge >= 0.3 is 6.01 Å². The van der Waals surface area contributed by atoms with Crippen LogP contribution in [0, 0.1) is 29.4 Å². The van der Waals surface area contributed by atoms with Crippen LogP contribution in [0.4, 0.5) is 19.0 Å². The average Bonchev–Trinajstić information content (AvgIpc) is 3.91. The van der Waals surface area contributed by atoms with Crippen molar-refractivity contribution in [1.29, 1.82) is 0 Å². The van der Waals surface area contributed by atoms with Gasteiger partial charge in [-0.25, -0.2) is 13.2 Å². The summed E-state index contributed by atoms with van der Waals surface area (Å²) in [6.45, 7) is 7.96. The Morgan fingerprint density at radius 1 is 1.16 bits per heavy atom. The fraction of sp³-hybridized carbons (Fsp3) is 0.389. The predicted octanol–water partition coefficient (Wildman–Crippen LogP) is 4.11. The van der Waals surface area contributed by atoms with Crippen molar-refractivity contribution in [3.05, 3.63) is 60.1 Å². The molecule has 1 amide bonds. The van der Waals surface area contributed by atoms with Gasteiger partial charge in [0.05, 0.1) is 50.0 Å². The molecular formula is C36H35F3N6O5. The Hall–Kier alpha value is -4.97. The van der Waals surface area contributed by atoms with Gasteiger partial charge in [-0.3, -0.25) is 14.7 Å². The van der Waals surface area contributed by atoms with Gasteiger partial charge < -0.3 is 29.5 Å². The minimum Gasteiger partial charge on any atom is -0.508 e. The summed E-state index contributed by atoms with van der Waals surface area (Å²) < 4.78 is 62.7. The number of halogens is 3. The Morgan fingerprint density at radius 2 is 1.94 bits per heavy atom. The third kappa shape index (κ3) is 6.76. The number of hydrogen-bond acceptors (Lipinski definition) is 10. The Labute approximate surface area is 286 Å². The van der Waals surface area contributed by atoms with Crippen LogP contribution in [-0.2, 0) is 14.3 Å². The van der Waals surface area contributed by atoms with E-state index < -0.39 is 29.4 Å². The molecule has 1 saturated carbocycles. The number of aromatic nitrogens is 3. The minimum atomic E-state index is -1.14. The number of carbonyl (C=O) groups excluding carboxylic acids is 1. The number of benzene rings is 2. The monoisotopic (exact) mass is 688 g/mol. The maximum Gasteiger partial charge on any atom is 0.319 e. The van der Waals surface area contributed by atoms with Crippen molar-refractivity contribution in [3.63, 3.8) is 0 Å². The first-order chi connectivity index (χ1) is 24.1. The molecule has 3 aliphatic rings. The number of ether oxygens (including phenoxy) is 3. The second-order valence-corrected chi connectivity index (χ2v) is 12.9. The fourth-order valence-corrected chi connectivity index (χ4v) is 6.60. The molecule has 3 fully saturated rings. The van der Waals surface area contributed by atoms with Crippen LogP contribution >= 0.6 is 0 Å². The zero-order chi connectivity index (χ0) is 35.0. The number of carbonyl (C=O) groups is 1. The molecule has 2 saturated heterocycles. The van der Waals surface area contributed by atoms with Crippen LogP contribution in [0.3, 0.4) is 0 Å². The van der Waals surface area contributed by atoms with Gasteiger partial charge in [-0.05, 0) is 36.4 Å². The summed E-state index contributed by atoms with van der Waals surface area (Å²) in [6.07, 6.45) is 8.98. The number of phenols is 1. The highest BCUT2D eigenvalue weighted by Gasteiger charge is 2.45. The number of amides is 1. The lowest BCUT2D eigenvalue weighted by Crippen LogP contribution is -2.45. The standard InChI is InChI=1S/C36H35F3N6O5/c1-3-25-28(38)5-4-22-14-24(46)15-26(29(22)25)31-30(39)32-27(16-40-31)33(45-10-13-49-18-23(17-45)41-34(47)21(2)37)43-35(42-32)50-20-36(6-7-36)19-44-8-11-48-12-9-44/h1,4-5,14-16,23,46H,2,6-13,17-20H2,(H,41,47)/t23-/m1/s1. The normalized spacial score (nSPS) is 19.2. The summed E-state index contributed by atoms with van der Waals surface area (Å²) >= 11 is 0. The van der Waals surface area contributed by atoms with Crippen LogP contribution in [0.1, 0.15) is 18.4 Å². The van der Waals surface area contributed by atoms with Crippen molar-refractivity contribution in [2.75, 3.05) is 70.7 Å². The smallest absolute Gasteiger partial charge is 0.319 e. The first-order valence-electron chi connectivity index (χ1n) is 16.3. The maximum atomic E-state index is 16.9. The highest BCUT2D eigenvalue weighted by Crippen LogP contribution is 2.47. The summed E-state index contributed by atoms with van der Waals surface area (Å²) in [6, 6.07) is 4.59. The van der Waals surface area contributed by atoms with E-state index in [4.69, 9.17) is 25.6 Å². The van der Waals surface area contributed by atoms with E-state index >= 15 is 4.39 Å². The predicted molar refractivity (Wildman–Crippen MR) is 179 cm³/mol. The van der Waals surface area contributed by atoms with Crippen LogP contribution in [0.25, 0.3) is 32.9 Å². The van der Waals surface area contributed by atoms with Gasteiger partial charge in [-0.2, -0.15) is 9.97 Å². The third-order valence-corrected chi connectivity index (χ3v) is 9.37. The van der Waals surface area contributed by atoms with Crippen molar-refractivity contribution in [2.24, 2.45) is 5.41 Å². The van der Waals surface area contributed by atoms with Crippen molar-refractivity contribution in [3.8, 4) is 35.4 Å². The molecule has 7 rings (SSSR count). The zero-order valence-corrected chi connectivity index (χ0v) is 27.2. The van der Waals surface area contributed by atoms with Crippen LogP contribution in [-0.4, -0.2) is 103 Å². The van der Waals surface area contributed by atoms with Gasteiger partial charge in [0.2, 0.25) is 0 Å². The number of terminal acetylenes is 1. The average molecular weight is 689 g/mol. The second kappa shape index (κ2) is 13.7. The van der Waals surface area contributed by atoms with E-state index in [-0.39, 0.29) is 75.9 Å². The molecule has 2 aromatic heterocycles. The van der Waals surface area contributed by atoms with E-state index in [1.807, 2.05) is 0 Å². The van der Waals surface area contributed by atoms with E-state index in [0.29, 0.717) is 31.8 Å². The number of morpholine rings is 1. The summed E-state index contributed by atoms with van der Waals surface area (Å²) in [7, 11) is 0. The second-order valence-electron chi connectivity index (χ2n) is 12.9. The first-order valence-corrected chi connectivity index (χ1v) is 16.3. The van der Waals surface area contributed by atoms with Gasteiger partial charge in [-0.15, -0.1) is 6.42 Å². The molecule has 11 nitrogen and oxygen atoms in total. The molecule has 14 heteroatoms. The van der Waals surface area contributed by atoms with Gasteiger partial charge in [0.15, 0.2) is 11.6 Å². The number of nitrogens with one attached hydrogen (secondary N) is 1. The number of fused-ring (bicyclic) bond motifs is 2. The van der Waals surface area contributed by atoms with E-state index in [1.165, 1.54) is 30.5 Å². The van der Waals surface area contributed by atoms with Crippen LogP contribution < -0.4 is 15.0 Å². The molecule has 0 bridgehead atoms. The summed E-state index contributed by atoms with van der Waals surface area (Å²) in [4.78, 5) is 29.9. The number of aromatic hydroxyl groups is 1. The molecule has 2 N–H and O–H groups in total. The van der Waals surface area contributed by atoms with Crippen molar-refractivity contribution in [2.45, 2.75) is 18.9 Å². The first kappa shape index (κ1) is 33.5. The van der Waals surface area contributed by atoms with Gasteiger partial charge in [0.1, 0.15) is 28.6 Å². The van der Waals surface area contributed by atoms with Crippen LogP contribution in [0.15, 0.2) is 42.9 Å². The molecule has 4 aromatic rings. The van der Waals surface area contributed by atoms with Gasteiger partial charge in [0.25, 0.3) is 5.91 Å². The highest BCUT2D eigenvalue weighted by atomic mass is 19.1. The van der Waals surface area contributed by atoms with Gasteiger partial charge in [-0.1, -0.05) is 18.6 Å². The van der Waals surface area contributed by atoms with Crippen LogP contribution in [0.5, 0.6) is 11.8 Å². The number of phenolic OH excluding ortho intramolecular Hbond substituents is 1. The molecule has 4 heterocycles. The molecule has 260 valence electrons. The zero-order valence-electron chi connectivity index (χ0n) is 27.2. The Morgan fingerprint density at radius 3 is 2.68 bits per heavy atom. The summed E-state index contributed by atoms with van der Waals surface area (Å²) in [5.74, 6) is -1.24. The molecule has 0 spiro atoms. The van der Waals surface area contributed by atoms with Crippen molar-refractivity contribution in [1.82, 2.24) is 25.2 Å². The van der Waals surface area contributed by atoms with Crippen molar-refractivity contribution < 1.29 is 37.3 Å². The lowest BCUT2D eigenvalue weighted by Gasteiger charge is -2.30. The number of rotatable bonds is 9. The molecule has 2 aromatic carbocycles. The highest BCUT2D eigenvalue weighted by molar-refractivity contribution is 6.03. The largest absolute Gasteiger partial charge is 0.508 e. The summed E-state index contributed by atoms with van der Waals surface area (Å²) in [5, 5.41) is 13.9. The third-order valence-electron chi connectivity index (χ3n) is 9.37. The Balaban J connectivity index is 1.31.